The van der Waals surface area contributed by atoms with Crippen molar-refractivity contribution in [3.05, 3.63) is 71.8 Å². The van der Waals surface area contributed by atoms with E-state index in [1.54, 1.807) is 0 Å². The molecule has 0 bridgehead atoms. The molecular formula is C61H102N2. The van der Waals surface area contributed by atoms with Crippen molar-refractivity contribution in [1.29, 1.82) is 0 Å². The monoisotopic (exact) mass is 863 g/mol. The molecule has 2 aromatic rings. The van der Waals surface area contributed by atoms with E-state index in [1.165, 1.54) is 260 Å². The lowest BCUT2D eigenvalue weighted by Crippen LogP contribution is -2.14. The lowest BCUT2D eigenvalue weighted by Gasteiger charge is -2.12. The maximum absolute atomic E-state index is 5.43. The van der Waals surface area contributed by atoms with Gasteiger partial charge in [-0.3, -0.25) is 9.98 Å². The Hall–Kier alpha value is -2.74. The molecule has 2 aromatic carbocycles. The first-order valence-electron chi connectivity index (χ1n) is 27.9. The lowest BCUT2D eigenvalue weighted by molar-refractivity contribution is 0.541. The van der Waals surface area contributed by atoms with Crippen LogP contribution in [0.4, 0.5) is 11.4 Å². The molecule has 0 heterocycles. The molecule has 0 unspecified atom stereocenters. The zero-order valence-corrected chi connectivity index (χ0v) is 42.4. The zero-order chi connectivity index (χ0) is 44.9. The second-order valence-corrected chi connectivity index (χ2v) is 19.1. The summed E-state index contributed by atoms with van der Waals surface area (Å²) in [6.45, 7) is 9.21. The SMILES string of the molecule is CCCCCCCCCCC=Cc1ccc(N=C(CCCCCCCC)C(CCCCCCCCCCCCCCC)=Nc2ccc(C=CCCCCCCCCCC)cc2)cc1. The fraction of sp³-hybridized carbons (Fsp3) is 0.705. The number of unbranched alkanes of at least 4 members (excludes halogenated alkanes) is 33. The molecule has 0 aromatic heterocycles. The van der Waals surface area contributed by atoms with Gasteiger partial charge in [-0.1, -0.05) is 275 Å². The van der Waals surface area contributed by atoms with Crippen molar-refractivity contribution in [1.82, 2.24) is 0 Å². The van der Waals surface area contributed by atoms with Gasteiger partial charge in [-0.2, -0.15) is 0 Å². The van der Waals surface area contributed by atoms with E-state index in [0.717, 1.165) is 24.2 Å². The summed E-state index contributed by atoms with van der Waals surface area (Å²) in [5, 5.41) is 0. The Balaban J connectivity index is 2.11. The molecule has 0 saturated carbocycles. The molecule has 0 amide bonds. The number of hydrogen-bond acceptors (Lipinski definition) is 2. The van der Waals surface area contributed by atoms with Gasteiger partial charge >= 0.3 is 0 Å². The average molecular weight is 864 g/mol. The first-order valence-corrected chi connectivity index (χ1v) is 27.9. The van der Waals surface area contributed by atoms with Crippen LogP contribution in [0.1, 0.15) is 289 Å². The van der Waals surface area contributed by atoms with Crippen LogP contribution < -0.4 is 0 Å². The van der Waals surface area contributed by atoms with Crippen molar-refractivity contribution in [3.8, 4) is 0 Å². The minimum atomic E-state index is 1.00. The van der Waals surface area contributed by atoms with Gasteiger partial charge in [0.15, 0.2) is 0 Å². The Morgan fingerprint density at radius 1 is 0.302 bits per heavy atom. The summed E-state index contributed by atoms with van der Waals surface area (Å²) in [6, 6.07) is 18.0. The summed E-state index contributed by atoms with van der Waals surface area (Å²) in [5.41, 5.74) is 7.09. The number of nitrogens with zero attached hydrogens (tertiary/aromatic N) is 2. The molecule has 0 spiro atoms. The minimum Gasteiger partial charge on any atom is -0.252 e. The van der Waals surface area contributed by atoms with Crippen LogP contribution in [0.25, 0.3) is 12.2 Å². The normalized spacial score (nSPS) is 12.4. The van der Waals surface area contributed by atoms with E-state index in [4.69, 9.17) is 9.98 Å². The third kappa shape index (κ3) is 33.4. The standard InChI is InChI=1S/C61H102N2/c1-5-9-13-17-21-24-27-28-29-32-35-39-43-47-61(63-59-54-50-57(51-55-59)45-41-37-34-31-26-23-19-15-11-7-3)60(46-42-38-20-16-12-8-4)62-58-52-48-56(49-53-58)44-40-36-33-30-25-22-18-14-10-6-2/h40-41,44-45,48-55H,5-39,42-43,46-47H2,1-4H3. The molecule has 2 rings (SSSR count). The third-order valence-corrected chi connectivity index (χ3v) is 13.0. The van der Waals surface area contributed by atoms with Crippen LogP contribution in [0.3, 0.4) is 0 Å². The largest absolute Gasteiger partial charge is 0.252 e. The molecule has 356 valence electrons. The summed E-state index contributed by atoms with van der Waals surface area (Å²) in [6.07, 6.45) is 61.4. The minimum absolute atomic E-state index is 1.00. The van der Waals surface area contributed by atoms with Crippen LogP contribution in [0.5, 0.6) is 0 Å². The summed E-state index contributed by atoms with van der Waals surface area (Å²) in [4.78, 5) is 10.9. The molecular weight excluding hydrogens is 761 g/mol. The van der Waals surface area contributed by atoms with E-state index < -0.39 is 0 Å². The van der Waals surface area contributed by atoms with Gasteiger partial charge in [-0.15, -0.1) is 0 Å². The van der Waals surface area contributed by atoms with E-state index in [9.17, 15) is 0 Å². The van der Waals surface area contributed by atoms with E-state index in [1.807, 2.05) is 0 Å². The highest BCUT2D eigenvalue weighted by Gasteiger charge is 2.12. The third-order valence-electron chi connectivity index (χ3n) is 13.0. The second kappa shape index (κ2) is 43.2. The van der Waals surface area contributed by atoms with Gasteiger partial charge in [0.05, 0.1) is 22.8 Å². The quantitative estimate of drug-likeness (QED) is 0.0468. The van der Waals surface area contributed by atoms with Crippen molar-refractivity contribution in [2.24, 2.45) is 9.98 Å². The maximum atomic E-state index is 5.43. The number of hydrogen-bond donors (Lipinski definition) is 0. The number of rotatable bonds is 44. The Kier molecular flexibility index (Phi) is 38.6. The maximum Gasteiger partial charge on any atom is 0.0634 e. The summed E-state index contributed by atoms with van der Waals surface area (Å²) in [5.74, 6) is 0. The van der Waals surface area contributed by atoms with Gasteiger partial charge in [-0.25, -0.2) is 0 Å². The van der Waals surface area contributed by atoms with Crippen LogP contribution in [-0.2, 0) is 0 Å². The molecule has 63 heavy (non-hydrogen) atoms. The van der Waals surface area contributed by atoms with E-state index in [2.05, 4.69) is 101 Å². The first kappa shape index (κ1) is 56.4. The lowest BCUT2D eigenvalue weighted by atomic mass is 9.99. The number of aliphatic imine (C=N–C) groups is 2. The van der Waals surface area contributed by atoms with Crippen LogP contribution in [-0.4, -0.2) is 11.4 Å². The predicted molar refractivity (Wildman–Crippen MR) is 288 cm³/mol. The van der Waals surface area contributed by atoms with Crippen molar-refractivity contribution < 1.29 is 0 Å². The first-order chi connectivity index (χ1) is 31.2. The van der Waals surface area contributed by atoms with Crippen LogP contribution in [0.2, 0.25) is 0 Å². The average Bonchev–Trinajstić information content (AvgIpc) is 3.30. The fourth-order valence-electron chi connectivity index (χ4n) is 8.78. The highest BCUT2D eigenvalue weighted by molar-refractivity contribution is 6.43. The van der Waals surface area contributed by atoms with Crippen molar-refractivity contribution in [2.75, 3.05) is 0 Å². The predicted octanol–water partition coefficient (Wildman–Crippen LogP) is 21.9. The van der Waals surface area contributed by atoms with Crippen molar-refractivity contribution >= 4 is 35.0 Å². The zero-order valence-electron chi connectivity index (χ0n) is 42.4. The summed E-state index contributed by atoms with van der Waals surface area (Å²) >= 11 is 0. The van der Waals surface area contributed by atoms with E-state index >= 15 is 0 Å². The Labute approximate surface area is 393 Å². The van der Waals surface area contributed by atoms with Gasteiger partial charge in [-0.05, 0) is 86.8 Å². The molecule has 0 fully saturated rings. The molecule has 0 radical (unpaired) electrons. The van der Waals surface area contributed by atoms with Gasteiger partial charge in [0, 0.05) is 0 Å². The Bertz CT molecular complexity index is 1390. The number of allylic oxidation sites excluding steroid dienone is 2. The Morgan fingerprint density at radius 3 is 0.810 bits per heavy atom. The second-order valence-electron chi connectivity index (χ2n) is 19.1. The molecule has 0 N–H and O–H groups in total. The molecule has 0 atom stereocenters. The van der Waals surface area contributed by atoms with E-state index in [-0.39, 0.29) is 0 Å². The molecule has 2 heteroatoms. The molecule has 2 nitrogen and oxygen atoms in total. The Morgan fingerprint density at radius 2 is 0.540 bits per heavy atom. The number of benzene rings is 2. The fourth-order valence-corrected chi connectivity index (χ4v) is 8.78. The topological polar surface area (TPSA) is 24.7 Å². The molecule has 0 saturated heterocycles. The summed E-state index contributed by atoms with van der Waals surface area (Å²) in [7, 11) is 0. The van der Waals surface area contributed by atoms with Crippen molar-refractivity contribution in [2.45, 2.75) is 278 Å². The molecule has 0 aliphatic carbocycles. The van der Waals surface area contributed by atoms with Gasteiger partial charge in [0.2, 0.25) is 0 Å². The molecule has 0 aliphatic heterocycles. The van der Waals surface area contributed by atoms with Gasteiger partial charge < -0.3 is 0 Å². The van der Waals surface area contributed by atoms with Gasteiger partial charge in [0.1, 0.15) is 0 Å². The highest BCUT2D eigenvalue weighted by Crippen LogP contribution is 2.23. The van der Waals surface area contributed by atoms with E-state index in [0.29, 0.717) is 0 Å². The van der Waals surface area contributed by atoms with Crippen LogP contribution in [0, 0.1) is 0 Å². The van der Waals surface area contributed by atoms with Gasteiger partial charge in [0.25, 0.3) is 0 Å². The summed E-state index contributed by atoms with van der Waals surface area (Å²) < 4.78 is 0. The molecule has 0 aliphatic rings. The van der Waals surface area contributed by atoms with Crippen molar-refractivity contribution in [3.63, 3.8) is 0 Å². The van der Waals surface area contributed by atoms with Crippen LogP contribution >= 0.6 is 0 Å². The smallest absolute Gasteiger partial charge is 0.0634 e. The highest BCUT2D eigenvalue weighted by atomic mass is 14.8. The van der Waals surface area contributed by atoms with Crippen LogP contribution in [0.15, 0.2) is 70.7 Å².